The second-order valence-electron chi connectivity index (χ2n) is 5.03. The first-order chi connectivity index (χ1) is 8.88. The number of nitrogens with one attached hydrogen (secondary N) is 1. The Morgan fingerprint density at radius 2 is 2.11 bits per heavy atom. The summed E-state index contributed by atoms with van der Waals surface area (Å²) in [5.41, 5.74) is 1.53. The van der Waals surface area contributed by atoms with Gasteiger partial charge < -0.3 is 5.32 Å². The molecule has 2 rings (SSSR count). The normalized spacial score (nSPS) is 16.7. The number of thioether (sulfide) groups is 1. The molecule has 0 fully saturated rings. The van der Waals surface area contributed by atoms with Gasteiger partial charge in [0.15, 0.2) is 5.17 Å². The van der Waals surface area contributed by atoms with Crippen LogP contribution < -0.4 is 5.32 Å². The molecule has 6 heteroatoms. The molecule has 0 aromatic heterocycles. The highest BCUT2D eigenvalue weighted by molar-refractivity contribution is 8.14. The predicted molar refractivity (Wildman–Crippen MR) is 81.3 cm³/mol. The number of sulfonamides is 1. The summed E-state index contributed by atoms with van der Waals surface area (Å²) in [4.78, 5) is 0.265. The van der Waals surface area contributed by atoms with Crippen molar-refractivity contribution in [2.75, 3.05) is 11.1 Å². The molecule has 1 aliphatic rings. The lowest BCUT2D eigenvalue weighted by Gasteiger charge is -2.18. The zero-order chi connectivity index (χ0) is 14.0. The zero-order valence-electron chi connectivity index (χ0n) is 11.3. The predicted octanol–water partition coefficient (Wildman–Crippen LogP) is 3.24. The molecule has 104 valence electrons. The van der Waals surface area contributed by atoms with E-state index in [-0.39, 0.29) is 4.90 Å². The maximum absolute atomic E-state index is 12.1. The molecule has 1 aromatic carbocycles. The minimum atomic E-state index is -3.56. The fraction of sp³-hybridized carbons (Fsp3) is 0.462. The third-order valence-electron chi connectivity index (χ3n) is 2.79. The van der Waals surface area contributed by atoms with E-state index in [1.807, 2.05) is 13.0 Å². The Hall–Kier alpha value is -1.01. The molecule has 0 bridgehead atoms. The molecule has 0 saturated heterocycles. The van der Waals surface area contributed by atoms with Gasteiger partial charge in [-0.1, -0.05) is 31.7 Å². The van der Waals surface area contributed by atoms with Gasteiger partial charge in [-0.2, -0.15) is 8.42 Å². The van der Waals surface area contributed by atoms with Gasteiger partial charge in [0.05, 0.1) is 5.69 Å². The van der Waals surface area contributed by atoms with Gasteiger partial charge in [-0.3, -0.25) is 0 Å². The smallest absolute Gasteiger partial charge is 0.286 e. The first-order valence-electron chi connectivity index (χ1n) is 6.24. The van der Waals surface area contributed by atoms with E-state index in [1.54, 1.807) is 12.1 Å². The van der Waals surface area contributed by atoms with Crippen LogP contribution in [-0.2, 0) is 10.0 Å². The van der Waals surface area contributed by atoms with Crippen molar-refractivity contribution in [1.82, 2.24) is 0 Å². The molecule has 0 aliphatic carbocycles. The molecule has 4 nitrogen and oxygen atoms in total. The van der Waals surface area contributed by atoms with Crippen molar-refractivity contribution in [2.45, 2.75) is 32.1 Å². The van der Waals surface area contributed by atoms with Crippen LogP contribution in [-0.4, -0.2) is 19.3 Å². The summed E-state index contributed by atoms with van der Waals surface area (Å²) >= 11 is 1.46. The lowest BCUT2D eigenvalue weighted by atomic mass is 10.2. The minimum absolute atomic E-state index is 0.265. The lowest BCUT2D eigenvalue weighted by molar-refractivity contribution is 0.598. The molecule has 0 spiro atoms. The molecule has 1 aliphatic heterocycles. The SMILES string of the molecule is Cc1ccc2c(c1)S(=O)(=O)N=C(SCCC(C)C)N2. The summed E-state index contributed by atoms with van der Waals surface area (Å²) in [5, 5.41) is 3.56. The van der Waals surface area contributed by atoms with E-state index in [9.17, 15) is 8.42 Å². The number of hydrogen-bond donors (Lipinski definition) is 1. The van der Waals surface area contributed by atoms with Crippen LogP contribution >= 0.6 is 11.8 Å². The average Bonchev–Trinajstić information content (AvgIpc) is 2.29. The van der Waals surface area contributed by atoms with Gasteiger partial charge in [-0.05, 0) is 37.0 Å². The van der Waals surface area contributed by atoms with Gasteiger partial charge in [0.2, 0.25) is 0 Å². The van der Waals surface area contributed by atoms with Crippen molar-refractivity contribution in [3.05, 3.63) is 23.8 Å². The van der Waals surface area contributed by atoms with Crippen LogP contribution in [0.5, 0.6) is 0 Å². The summed E-state index contributed by atoms with van der Waals surface area (Å²) in [5.74, 6) is 1.46. The van der Waals surface area contributed by atoms with Gasteiger partial charge in [-0.25, -0.2) is 0 Å². The van der Waals surface area contributed by atoms with Crippen LogP contribution in [0.3, 0.4) is 0 Å². The number of amidine groups is 1. The Kier molecular flexibility index (Phi) is 4.20. The van der Waals surface area contributed by atoms with Crippen LogP contribution in [0.25, 0.3) is 0 Å². The summed E-state index contributed by atoms with van der Waals surface area (Å²) in [6.07, 6.45) is 1.03. The van der Waals surface area contributed by atoms with Crippen molar-refractivity contribution in [3.8, 4) is 0 Å². The molecule has 1 N–H and O–H groups in total. The van der Waals surface area contributed by atoms with E-state index < -0.39 is 10.0 Å². The largest absolute Gasteiger partial charge is 0.333 e. The van der Waals surface area contributed by atoms with E-state index in [4.69, 9.17) is 0 Å². The van der Waals surface area contributed by atoms with Gasteiger partial charge >= 0.3 is 0 Å². The van der Waals surface area contributed by atoms with Crippen molar-refractivity contribution in [1.29, 1.82) is 0 Å². The number of anilines is 1. The summed E-state index contributed by atoms with van der Waals surface area (Å²) < 4.78 is 28.0. The van der Waals surface area contributed by atoms with E-state index in [1.165, 1.54) is 11.8 Å². The topological polar surface area (TPSA) is 58.5 Å². The second-order valence-corrected chi connectivity index (χ2v) is 7.68. The van der Waals surface area contributed by atoms with Gasteiger partial charge in [0, 0.05) is 5.75 Å². The van der Waals surface area contributed by atoms with Crippen LogP contribution in [0, 0.1) is 12.8 Å². The van der Waals surface area contributed by atoms with Crippen molar-refractivity contribution in [2.24, 2.45) is 10.3 Å². The summed E-state index contributed by atoms with van der Waals surface area (Å²) in [7, 11) is -3.56. The van der Waals surface area contributed by atoms with Gasteiger partial charge in [-0.15, -0.1) is 4.40 Å². The number of hydrogen-bond acceptors (Lipinski definition) is 4. The van der Waals surface area contributed by atoms with Crippen molar-refractivity contribution < 1.29 is 8.42 Å². The average molecular weight is 298 g/mol. The van der Waals surface area contributed by atoms with E-state index in [0.717, 1.165) is 17.7 Å². The number of nitrogens with zero attached hydrogens (tertiary/aromatic N) is 1. The maximum Gasteiger partial charge on any atom is 0.286 e. The maximum atomic E-state index is 12.1. The van der Waals surface area contributed by atoms with Crippen LogP contribution in [0.4, 0.5) is 5.69 Å². The highest BCUT2D eigenvalue weighted by Crippen LogP contribution is 2.30. The van der Waals surface area contributed by atoms with Crippen molar-refractivity contribution >= 4 is 32.6 Å². The highest BCUT2D eigenvalue weighted by atomic mass is 32.2. The summed E-state index contributed by atoms with van der Waals surface area (Å²) in [6.45, 7) is 6.16. The van der Waals surface area contributed by atoms with Gasteiger partial charge in [0.1, 0.15) is 4.90 Å². The van der Waals surface area contributed by atoms with Crippen LogP contribution in [0.2, 0.25) is 0 Å². The molecule has 0 radical (unpaired) electrons. The number of benzene rings is 1. The van der Waals surface area contributed by atoms with E-state index in [2.05, 4.69) is 23.6 Å². The molecule has 0 amide bonds. The molecular formula is C13H18N2O2S2. The molecule has 19 heavy (non-hydrogen) atoms. The van der Waals surface area contributed by atoms with Crippen molar-refractivity contribution in [3.63, 3.8) is 0 Å². The molecular weight excluding hydrogens is 280 g/mol. The fourth-order valence-corrected chi connectivity index (χ4v) is 4.26. The number of fused-ring (bicyclic) bond motifs is 1. The second kappa shape index (κ2) is 5.54. The van der Waals surface area contributed by atoms with Crippen LogP contribution in [0.1, 0.15) is 25.8 Å². The third kappa shape index (κ3) is 3.51. The monoisotopic (exact) mass is 298 g/mol. The molecule has 1 heterocycles. The highest BCUT2D eigenvalue weighted by Gasteiger charge is 2.24. The molecule has 0 atom stereocenters. The number of aryl methyl sites for hydroxylation is 1. The molecule has 0 unspecified atom stereocenters. The Bertz CT molecular complexity index is 607. The van der Waals surface area contributed by atoms with Gasteiger partial charge in [0.25, 0.3) is 10.0 Å². The minimum Gasteiger partial charge on any atom is -0.333 e. The number of rotatable bonds is 3. The Balaban J connectivity index is 2.20. The van der Waals surface area contributed by atoms with E-state index >= 15 is 0 Å². The first-order valence-corrected chi connectivity index (χ1v) is 8.66. The summed E-state index contributed by atoms with van der Waals surface area (Å²) in [6, 6.07) is 5.33. The Morgan fingerprint density at radius 1 is 1.37 bits per heavy atom. The fourth-order valence-electron chi connectivity index (χ4n) is 1.70. The first kappa shape index (κ1) is 14.4. The Morgan fingerprint density at radius 3 is 2.79 bits per heavy atom. The molecule has 0 saturated carbocycles. The Labute approximate surface area is 118 Å². The standard InChI is InChI=1S/C13H18N2O2S2/c1-9(2)6-7-18-13-14-11-5-4-10(3)8-12(11)19(16,17)15-13/h4-5,8-9H,6-7H2,1-3H3,(H,14,15). The molecule has 1 aromatic rings. The quantitative estimate of drug-likeness (QED) is 0.930. The zero-order valence-corrected chi connectivity index (χ0v) is 12.9. The lowest BCUT2D eigenvalue weighted by Crippen LogP contribution is -2.19. The third-order valence-corrected chi connectivity index (χ3v) is 5.13. The van der Waals surface area contributed by atoms with E-state index in [0.29, 0.717) is 16.8 Å². The van der Waals surface area contributed by atoms with Crippen LogP contribution in [0.15, 0.2) is 27.5 Å².